The number of hydrogen-bond donors (Lipinski definition) is 2. The molecule has 7 heteroatoms. The van der Waals surface area contributed by atoms with Crippen molar-refractivity contribution < 1.29 is 24.5 Å². The summed E-state index contributed by atoms with van der Waals surface area (Å²) in [4.78, 5) is 26.1. The van der Waals surface area contributed by atoms with Crippen LogP contribution in [0.15, 0.2) is 0 Å². The summed E-state index contributed by atoms with van der Waals surface area (Å²) in [5.41, 5.74) is 0. The van der Waals surface area contributed by atoms with Gasteiger partial charge in [0.1, 0.15) is 0 Å². The van der Waals surface area contributed by atoms with Crippen LogP contribution in [0.3, 0.4) is 0 Å². The lowest BCUT2D eigenvalue weighted by Crippen LogP contribution is -2.53. The van der Waals surface area contributed by atoms with E-state index in [1.165, 1.54) is 4.90 Å². The molecule has 0 radical (unpaired) electrons. The van der Waals surface area contributed by atoms with Crippen molar-refractivity contribution in [3.05, 3.63) is 0 Å². The molecule has 1 rings (SSSR count). The van der Waals surface area contributed by atoms with Crippen LogP contribution in [0, 0.1) is 0 Å². The number of hydrogen-bond acceptors (Lipinski definition) is 4. The molecule has 1 unspecified atom stereocenters. The maximum atomic E-state index is 12.3. The third-order valence-corrected chi connectivity index (χ3v) is 3.05. The second kappa shape index (κ2) is 7.30. The Balaban J connectivity index is 2.62. The number of aliphatic hydroxyl groups excluding tert-OH is 1. The summed E-state index contributed by atoms with van der Waals surface area (Å²) < 4.78 is 5.29. The quantitative estimate of drug-likeness (QED) is 0.735. The van der Waals surface area contributed by atoms with E-state index in [1.54, 1.807) is 4.90 Å². The summed E-state index contributed by atoms with van der Waals surface area (Å²) in [6.07, 6.45) is -0.427. The van der Waals surface area contributed by atoms with E-state index >= 15 is 0 Å². The highest BCUT2D eigenvalue weighted by Gasteiger charge is 2.28. The van der Waals surface area contributed by atoms with E-state index in [1.807, 2.05) is 13.8 Å². The standard InChI is InChI=1S/C12H22N2O5/c1-9(2)14(4-3-11(16)17)12(18)13-5-6-19-10(7-13)8-15/h9-10,15H,3-8H2,1-2H3,(H,16,17). The zero-order valence-corrected chi connectivity index (χ0v) is 11.4. The number of carbonyl (C=O) groups is 2. The van der Waals surface area contributed by atoms with Gasteiger partial charge >= 0.3 is 12.0 Å². The van der Waals surface area contributed by atoms with E-state index in [0.29, 0.717) is 19.7 Å². The molecule has 0 aromatic carbocycles. The second-order valence-electron chi connectivity index (χ2n) is 4.83. The maximum absolute atomic E-state index is 12.3. The number of carboxylic acid groups (broad SMARTS) is 1. The minimum atomic E-state index is -0.923. The number of carboxylic acids is 1. The number of nitrogens with zero attached hydrogens (tertiary/aromatic N) is 2. The van der Waals surface area contributed by atoms with E-state index in [-0.39, 0.29) is 37.7 Å². The number of amides is 2. The summed E-state index contributed by atoms with van der Waals surface area (Å²) in [6.45, 7) is 4.96. The Morgan fingerprint density at radius 1 is 1.47 bits per heavy atom. The molecule has 1 aliphatic heterocycles. The van der Waals surface area contributed by atoms with Crippen molar-refractivity contribution in [2.24, 2.45) is 0 Å². The SMILES string of the molecule is CC(C)N(CCC(=O)O)C(=O)N1CCOC(CO)C1. The lowest BCUT2D eigenvalue weighted by atomic mass is 10.2. The number of aliphatic carboxylic acids is 1. The average molecular weight is 274 g/mol. The zero-order valence-electron chi connectivity index (χ0n) is 11.4. The molecular weight excluding hydrogens is 252 g/mol. The van der Waals surface area contributed by atoms with Crippen molar-refractivity contribution in [3.63, 3.8) is 0 Å². The second-order valence-corrected chi connectivity index (χ2v) is 4.83. The minimum Gasteiger partial charge on any atom is -0.481 e. The molecule has 1 atom stereocenters. The van der Waals surface area contributed by atoms with Gasteiger partial charge in [-0.25, -0.2) is 4.79 Å². The van der Waals surface area contributed by atoms with E-state index in [0.717, 1.165) is 0 Å². The van der Waals surface area contributed by atoms with Crippen LogP contribution in [0.1, 0.15) is 20.3 Å². The monoisotopic (exact) mass is 274 g/mol. The summed E-state index contributed by atoms with van der Waals surface area (Å²) >= 11 is 0. The number of aliphatic hydroxyl groups is 1. The highest BCUT2D eigenvalue weighted by Crippen LogP contribution is 2.11. The van der Waals surface area contributed by atoms with Gasteiger partial charge in [-0.05, 0) is 13.8 Å². The van der Waals surface area contributed by atoms with E-state index in [9.17, 15) is 9.59 Å². The van der Waals surface area contributed by atoms with Gasteiger partial charge in [-0.3, -0.25) is 4.79 Å². The van der Waals surface area contributed by atoms with Gasteiger partial charge in [0.25, 0.3) is 0 Å². The van der Waals surface area contributed by atoms with Crippen LogP contribution in [-0.4, -0.2) is 77.0 Å². The van der Waals surface area contributed by atoms with Crippen LogP contribution in [0.2, 0.25) is 0 Å². The van der Waals surface area contributed by atoms with Crippen LogP contribution in [0.4, 0.5) is 4.79 Å². The van der Waals surface area contributed by atoms with Gasteiger partial charge in [0, 0.05) is 19.1 Å². The van der Waals surface area contributed by atoms with Crippen LogP contribution >= 0.6 is 0 Å². The van der Waals surface area contributed by atoms with E-state index < -0.39 is 5.97 Å². The summed E-state index contributed by atoms with van der Waals surface area (Å²) in [5.74, 6) is -0.923. The smallest absolute Gasteiger partial charge is 0.320 e. The first-order valence-electron chi connectivity index (χ1n) is 6.45. The molecule has 0 aliphatic carbocycles. The summed E-state index contributed by atoms with van der Waals surface area (Å²) in [5, 5.41) is 17.8. The van der Waals surface area contributed by atoms with Gasteiger partial charge in [-0.15, -0.1) is 0 Å². The van der Waals surface area contributed by atoms with Gasteiger partial charge in [-0.2, -0.15) is 0 Å². The van der Waals surface area contributed by atoms with Crippen molar-refractivity contribution in [1.82, 2.24) is 9.80 Å². The van der Waals surface area contributed by atoms with Gasteiger partial charge in [-0.1, -0.05) is 0 Å². The molecular formula is C12H22N2O5. The molecule has 0 aromatic heterocycles. The Hall–Kier alpha value is -1.34. The third-order valence-electron chi connectivity index (χ3n) is 3.05. The molecule has 19 heavy (non-hydrogen) atoms. The predicted molar refractivity (Wildman–Crippen MR) is 67.9 cm³/mol. The molecule has 1 aliphatic rings. The molecule has 0 saturated carbocycles. The number of morpholine rings is 1. The Morgan fingerprint density at radius 3 is 2.68 bits per heavy atom. The molecule has 1 fully saturated rings. The topological polar surface area (TPSA) is 90.3 Å². The number of ether oxygens (including phenoxy) is 1. The van der Waals surface area contributed by atoms with Crippen molar-refractivity contribution >= 4 is 12.0 Å². The van der Waals surface area contributed by atoms with E-state index in [4.69, 9.17) is 14.9 Å². The first-order chi connectivity index (χ1) is 8.95. The number of carbonyl (C=O) groups excluding carboxylic acids is 1. The van der Waals surface area contributed by atoms with Crippen molar-refractivity contribution in [1.29, 1.82) is 0 Å². The number of urea groups is 1. The van der Waals surface area contributed by atoms with Crippen molar-refractivity contribution in [2.45, 2.75) is 32.4 Å². The minimum absolute atomic E-state index is 0.0673. The lowest BCUT2D eigenvalue weighted by molar-refractivity contribution is -0.137. The van der Waals surface area contributed by atoms with Crippen LogP contribution < -0.4 is 0 Å². The Morgan fingerprint density at radius 2 is 2.16 bits per heavy atom. The van der Waals surface area contributed by atoms with Crippen LogP contribution in [0.5, 0.6) is 0 Å². The molecule has 2 amide bonds. The van der Waals surface area contributed by atoms with Gasteiger partial charge in [0.2, 0.25) is 0 Å². The van der Waals surface area contributed by atoms with Crippen molar-refractivity contribution in [3.8, 4) is 0 Å². The fraction of sp³-hybridized carbons (Fsp3) is 0.833. The first kappa shape index (κ1) is 15.7. The Kier molecular flexibility index (Phi) is 6.04. The molecule has 0 bridgehead atoms. The maximum Gasteiger partial charge on any atom is 0.320 e. The molecule has 1 saturated heterocycles. The molecule has 110 valence electrons. The summed E-state index contributed by atoms with van der Waals surface area (Å²) in [7, 11) is 0. The van der Waals surface area contributed by atoms with E-state index in [2.05, 4.69) is 0 Å². The Labute approximate surface area is 112 Å². The van der Waals surface area contributed by atoms with Crippen LogP contribution in [0.25, 0.3) is 0 Å². The largest absolute Gasteiger partial charge is 0.481 e. The van der Waals surface area contributed by atoms with Gasteiger partial charge in [0.15, 0.2) is 0 Å². The van der Waals surface area contributed by atoms with Crippen LogP contribution in [-0.2, 0) is 9.53 Å². The highest BCUT2D eigenvalue weighted by molar-refractivity contribution is 5.76. The normalized spacial score (nSPS) is 19.6. The fourth-order valence-electron chi connectivity index (χ4n) is 1.98. The molecule has 0 spiro atoms. The number of rotatable bonds is 5. The molecule has 2 N–H and O–H groups in total. The zero-order chi connectivity index (χ0) is 14.4. The highest BCUT2D eigenvalue weighted by atomic mass is 16.5. The molecule has 7 nitrogen and oxygen atoms in total. The fourth-order valence-corrected chi connectivity index (χ4v) is 1.98. The average Bonchev–Trinajstić information content (AvgIpc) is 2.38. The van der Waals surface area contributed by atoms with Gasteiger partial charge < -0.3 is 24.7 Å². The lowest BCUT2D eigenvalue weighted by Gasteiger charge is -2.37. The first-order valence-corrected chi connectivity index (χ1v) is 6.45. The molecule has 1 heterocycles. The summed E-state index contributed by atoms with van der Waals surface area (Å²) in [6, 6.07) is -0.264. The third kappa shape index (κ3) is 4.68. The van der Waals surface area contributed by atoms with Gasteiger partial charge in [0.05, 0.1) is 32.3 Å². The molecule has 0 aromatic rings. The Bertz CT molecular complexity index is 321. The predicted octanol–water partition coefficient (Wildman–Crippen LogP) is -0.0154. The van der Waals surface area contributed by atoms with Crippen molar-refractivity contribution in [2.75, 3.05) is 32.8 Å².